The summed E-state index contributed by atoms with van der Waals surface area (Å²) >= 11 is 6.09. The molecule has 0 aliphatic heterocycles. The fourth-order valence-corrected chi connectivity index (χ4v) is 4.23. The lowest BCUT2D eigenvalue weighted by atomic mass is 9.95. The van der Waals surface area contributed by atoms with Crippen LogP contribution in [0.2, 0.25) is 5.15 Å². The first-order valence-corrected chi connectivity index (χ1v) is 12.1. The molecule has 188 valence electrons. The van der Waals surface area contributed by atoms with Crippen LogP contribution in [0.3, 0.4) is 0 Å². The number of aromatic nitrogens is 2. The minimum atomic E-state index is -0.697. The third kappa shape index (κ3) is 5.87. The maximum Gasteiger partial charge on any atom is 0.359 e. The molecule has 2 heterocycles. The van der Waals surface area contributed by atoms with Crippen molar-refractivity contribution in [2.75, 3.05) is 5.32 Å². The van der Waals surface area contributed by atoms with Gasteiger partial charge in [-0.25, -0.2) is 19.2 Å². The molecule has 0 bridgehead atoms. The third-order valence-corrected chi connectivity index (χ3v) is 5.87. The van der Waals surface area contributed by atoms with Crippen LogP contribution in [0.1, 0.15) is 61.0 Å². The van der Waals surface area contributed by atoms with E-state index in [9.17, 15) is 14.4 Å². The summed E-state index contributed by atoms with van der Waals surface area (Å²) in [6, 6.07) is 17.0. The van der Waals surface area contributed by atoms with Gasteiger partial charge in [-0.15, -0.1) is 0 Å². The van der Waals surface area contributed by atoms with Gasteiger partial charge in [-0.2, -0.15) is 5.26 Å². The van der Waals surface area contributed by atoms with E-state index in [4.69, 9.17) is 16.3 Å². The number of pyridine rings is 2. The van der Waals surface area contributed by atoms with Crippen molar-refractivity contribution in [3.8, 4) is 17.2 Å². The molecule has 1 unspecified atom stereocenters. The molecule has 1 N–H and O–H groups in total. The molecule has 6 nitrogen and oxygen atoms in total. The Morgan fingerprint density at radius 1 is 1.11 bits per heavy atom. The highest BCUT2D eigenvalue weighted by molar-refractivity contribution is 6.29. The van der Waals surface area contributed by atoms with Gasteiger partial charge in [0.15, 0.2) is 5.69 Å². The molecular weight excluding hydrogens is 491 g/mol. The van der Waals surface area contributed by atoms with Crippen molar-refractivity contribution < 1.29 is 13.9 Å². The summed E-state index contributed by atoms with van der Waals surface area (Å²) in [6.45, 7) is 9.26. The van der Waals surface area contributed by atoms with Crippen LogP contribution < -0.4 is 5.32 Å². The van der Waals surface area contributed by atoms with Crippen LogP contribution in [-0.4, -0.2) is 21.5 Å². The summed E-state index contributed by atoms with van der Waals surface area (Å²) in [7, 11) is 0. The summed E-state index contributed by atoms with van der Waals surface area (Å²) in [5, 5.41) is 14.1. The Morgan fingerprint density at radius 3 is 2.46 bits per heavy atom. The molecule has 0 amide bonds. The highest BCUT2D eigenvalue weighted by Crippen LogP contribution is 2.33. The lowest BCUT2D eigenvalue weighted by Crippen LogP contribution is -2.25. The zero-order valence-electron chi connectivity index (χ0n) is 21.2. The number of benzene rings is 2. The van der Waals surface area contributed by atoms with Gasteiger partial charge in [0.25, 0.3) is 0 Å². The number of nitrogens with zero attached hydrogens (tertiary/aromatic N) is 3. The maximum absolute atomic E-state index is 13.5. The van der Waals surface area contributed by atoms with E-state index >= 15 is 0 Å². The van der Waals surface area contributed by atoms with Crippen molar-refractivity contribution in [2.45, 2.75) is 46.3 Å². The van der Waals surface area contributed by atoms with Gasteiger partial charge in [0.05, 0.1) is 11.2 Å². The number of halogens is 2. The SMILES string of the molecule is Cc1cc(C(C)Nc2ccc(Cl)nc2C(=O)OC(C)(C)C)c2cc(-c3ccc(F)cc3)c(C#N)nc2c1. The normalized spacial score (nSPS) is 12.2. The van der Waals surface area contributed by atoms with Gasteiger partial charge in [0, 0.05) is 17.0 Å². The maximum atomic E-state index is 13.5. The first-order chi connectivity index (χ1) is 17.4. The molecule has 8 heteroatoms. The largest absolute Gasteiger partial charge is 0.455 e. The topological polar surface area (TPSA) is 87.9 Å². The number of nitrogens with one attached hydrogen (secondary N) is 1. The van der Waals surface area contributed by atoms with Crippen LogP contribution >= 0.6 is 11.6 Å². The Hall–Kier alpha value is -4.02. The minimum Gasteiger partial charge on any atom is -0.455 e. The molecule has 0 spiro atoms. The van der Waals surface area contributed by atoms with Gasteiger partial charge in [-0.05, 0) is 87.7 Å². The summed E-state index contributed by atoms with van der Waals surface area (Å²) in [6.07, 6.45) is 0. The van der Waals surface area contributed by atoms with E-state index in [2.05, 4.69) is 21.4 Å². The molecule has 2 aromatic heterocycles. The van der Waals surface area contributed by atoms with E-state index in [0.717, 1.165) is 16.5 Å². The highest BCUT2D eigenvalue weighted by Gasteiger charge is 2.24. The fourth-order valence-electron chi connectivity index (χ4n) is 4.09. The van der Waals surface area contributed by atoms with Crippen molar-refractivity contribution in [1.82, 2.24) is 9.97 Å². The fraction of sp³-hybridized carbons (Fsp3) is 0.241. The Kier molecular flexibility index (Phi) is 7.15. The summed E-state index contributed by atoms with van der Waals surface area (Å²) in [4.78, 5) is 21.7. The summed E-state index contributed by atoms with van der Waals surface area (Å²) in [5.41, 5.74) is 3.94. The lowest BCUT2D eigenvalue weighted by molar-refractivity contribution is 0.00640. The number of fused-ring (bicyclic) bond motifs is 1. The molecule has 0 radical (unpaired) electrons. The molecule has 4 rings (SSSR count). The predicted octanol–water partition coefficient (Wildman–Crippen LogP) is 7.40. The van der Waals surface area contributed by atoms with E-state index in [1.807, 2.05) is 32.0 Å². The van der Waals surface area contributed by atoms with Crippen molar-refractivity contribution in [1.29, 1.82) is 5.26 Å². The second-order valence-electron chi connectivity index (χ2n) is 9.82. The quantitative estimate of drug-likeness (QED) is 0.219. The van der Waals surface area contributed by atoms with Crippen molar-refractivity contribution in [3.63, 3.8) is 0 Å². The van der Waals surface area contributed by atoms with Crippen molar-refractivity contribution >= 4 is 34.2 Å². The number of hydrogen-bond acceptors (Lipinski definition) is 6. The number of carbonyl (C=O) groups is 1. The van der Waals surface area contributed by atoms with Gasteiger partial charge in [-0.1, -0.05) is 29.8 Å². The van der Waals surface area contributed by atoms with E-state index in [1.165, 1.54) is 12.1 Å². The number of nitriles is 1. The number of aryl methyl sites for hydroxylation is 1. The van der Waals surface area contributed by atoms with E-state index in [0.29, 0.717) is 22.3 Å². The number of esters is 1. The van der Waals surface area contributed by atoms with Crippen LogP contribution in [-0.2, 0) is 4.74 Å². The molecule has 0 fully saturated rings. The van der Waals surface area contributed by atoms with Gasteiger partial charge >= 0.3 is 5.97 Å². The first kappa shape index (κ1) is 26.1. The molecule has 4 aromatic rings. The third-order valence-electron chi connectivity index (χ3n) is 5.66. The van der Waals surface area contributed by atoms with Gasteiger partial charge in [-0.3, -0.25) is 0 Å². The number of ether oxygens (including phenoxy) is 1. The first-order valence-electron chi connectivity index (χ1n) is 11.7. The molecule has 1 atom stereocenters. The average Bonchev–Trinajstić information content (AvgIpc) is 2.83. The van der Waals surface area contributed by atoms with Gasteiger partial charge < -0.3 is 10.1 Å². The van der Waals surface area contributed by atoms with Gasteiger partial charge in [0.2, 0.25) is 0 Å². The Bertz CT molecular complexity index is 1540. The Balaban J connectivity index is 1.80. The molecule has 0 saturated carbocycles. The van der Waals surface area contributed by atoms with Crippen molar-refractivity contribution in [3.05, 3.63) is 88.1 Å². The smallest absolute Gasteiger partial charge is 0.359 e. The monoisotopic (exact) mass is 516 g/mol. The predicted molar refractivity (Wildman–Crippen MR) is 143 cm³/mol. The van der Waals surface area contributed by atoms with Gasteiger partial charge in [0.1, 0.15) is 28.3 Å². The second kappa shape index (κ2) is 10.2. The van der Waals surface area contributed by atoms with Crippen LogP contribution in [0, 0.1) is 24.1 Å². The Morgan fingerprint density at radius 2 is 1.81 bits per heavy atom. The number of hydrogen-bond donors (Lipinski definition) is 1. The van der Waals surface area contributed by atoms with Crippen LogP contribution in [0.4, 0.5) is 10.1 Å². The number of rotatable bonds is 5. The molecule has 0 saturated heterocycles. The zero-order valence-corrected chi connectivity index (χ0v) is 21.9. The van der Waals surface area contributed by atoms with Crippen LogP contribution in [0.25, 0.3) is 22.0 Å². The lowest BCUT2D eigenvalue weighted by Gasteiger charge is -2.23. The molecule has 2 aromatic carbocycles. The van der Waals surface area contributed by atoms with Crippen molar-refractivity contribution in [2.24, 2.45) is 0 Å². The summed E-state index contributed by atoms with van der Waals surface area (Å²) in [5.74, 6) is -0.944. The van der Waals surface area contributed by atoms with E-state index < -0.39 is 11.6 Å². The average molecular weight is 517 g/mol. The summed E-state index contributed by atoms with van der Waals surface area (Å²) < 4.78 is 19.1. The molecule has 0 aliphatic carbocycles. The van der Waals surface area contributed by atoms with Crippen LogP contribution in [0.5, 0.6) is 0 Å². The minimum absolute atomic E-state index is 0.0862. The molecule has 0 aliphatic rings. The van der Waals surface area contributed by atoms with E-state index in [1.54, 1.807) is 45.0 Å². The Labute approximate surface area is 220 Å². The van der Waals surface area contributed by atoms with E-state index in [-0.39, 0.29) is 28.4 Å². The second-order valence-corrected chi connectivity index (χ2v) is 10.2. The van der Waals surface area contributed by atoms with Crippen LogP contribution in [0.15, 0.2) is 54.6 Å². The number of anilines is 1. The zero-order chi connectivity index (χ0) is 26.9. The standard InChI is InChI=1S/C29H26ClFN4O2/c1-16-12-20(17(2)33-23-10-11-26(30)35-27(23)28(36)37-29(3,4)5)22-14-21(18-6-8-19(31)9-7-18)25(15-32)34-24(22)13-16/h6-14,17,33H,1-5H3. The highest BCUT2D eigenvalue weighted by atomic mass is 35.5. The number of carbonyl (C=O) groups excluding carboxylic acids is 1. The molecule has 37 heavy (non-hydrogen) atoms. The molecular formula is C29H26ClFN4O2.